The van der Waals surface area contributed by atoms with E-state index < -0.39 is 6.10 Å². The first-order valence-electron chi connectivity index (χ1n) is 7.25. The van der Waals surface area contributed by atoms with E-state index in [2.05, 4.69) is 10.6 Å². The van der Waals surface area contributed by atoms with Gasteiger partial charge >= 0.3 is 0 Å². The summed E-state index contributed by atoms with van der Waals surface area (Å²) in [6.07, 6.45) is -0.0440. The molecule has 7 heteroatoms. The van der Waals surface area contributed by atoms with E-state index in [0.29, 0.717) is 36.0 Å². The molecular weight excluding hydrogens is 306 g/mol. The van der Waals surface area contributed by atoms with Gasteiger partial charge in [0.15, 0.2) is 0 Å². The van der Waals surface area contributed by atoms with Gasteiger partial charge in [-0.2, -0.15) is 0 Å². The molecule has 1 heterocycles. The fourth-order valence-electron chi connectivity index (χ4n) is 2.18. The van der Waals surface area contributed by atoms with Gasteiger partial charge < -0.3 is 25.4 Å². The number of carbonyl (C=O) groups excluding carboxylic acids is 1. The predicted octanol–water partition coefficient (Wildman–Crippen LogP) is 0.942. The summed E-state index contributed by atoms with van der Waals surface area (Å²) in [5, 5.41) is 15.6. The SMILES string of the molecule is CN(C)CCOc1ccc(NC(=O)C2CC(O)CN2)cc1Cl. The van der Waals surface area contributed by atoms with E-state index in [9.17, 15) is 9.90 Å². The molecule has 0 saturated carbocycles. The molecule has 0 aliphatic carbocycles. The first-order valence-corrected chi connectivity index (χ1v) is 7.63. The second-order valence-electron chi connectivity index (χ2n) is 5.64. The summed E-state index contributed by atoms with van der Waals surface area (Å²) in [5.74, 6) is 0.421. The molecule has 2 atom stereocenters. The standard InChI is InChI=1S/C15H22ClN3O3/c1-19(2)5-6-22-14-4-3-10(7-12(14)16)18-15(21)13-8-11(20)9-17-13/h3-4,7,11,13,17,20H,5-6,8-9H2,1-2H3,(H,18,21). The molecule has 0 aromatic heterocycles. The third-order valence-electron chi connectivity index (χ3n) is 3.42. The normalized spacial score (nSPS) is 21.1. The van der Waals surface area contributed by atoms with Crippen molar-refractivity contribution in [1.29, 1.82) is 0 Å². The number of carbonyl (C=O) groups is 1. The number of aliphatic hydroxyl groups excluding tert-OH is 1. The highest BCUT2D eigenvalue weighted by Crippen LogP contribution is 2.28. The van der Waals surface area contributed by atoms with Crippen molar-refractivity contribution in [3.63, 3.8) is 0 Å². The summed E-state index contributed by atoms with van der Waals surface area (Å²) in [6, 6.07) is 4.78. The minimum Gasteiger partial charge on any atom is -0.491 e. The second kappa shape index (κ2) is 7.78. The van der Waals surface area contributed by atoms with Crippen LogP contribution in [0.4, 0.5) is 5.69 Å². The Bertz CT molecular complexity index is 525. The number of aliphatic hydroxyl groups is 1. The molecule has 0 bridgehead atoms. The summed E-state index contributed by atoms with van der Waals surface area (Å²) < 4.78 is 5.59. The average molecular weight is 328 g/mol. The van der Waals surface area contributed by atoms with E-state index in [0.717, 1.165) is 6.54 Å². The molecule has 1 saturated heterocycles. The Morgan fingerprint density at radius 3 is 2.91 bits per heavy atom. The van der Waals surface area contributed by atoms with Gasteiger partial charge in [-0.1, -0.05) is 11.6 Å². The minimum atomic E-state index is -0.466. The fraction of sp³-hybridized carbons (Fsp3) is 0.533. The first-order chi connectivity index (χ1) is 10.5. The molecule has 1 aliphatic heterocycles. The largest absolute Gasteiger partial charge is 0.491 e. The molecular formula is C15H22ClN3O3. The lowest BCUT2D eigenvalue weighted by Crippen LogP contribution is -2.35. The van der Waals surface area contributed by atoms with Crippen LogP contribution < -0.4 is 15.4 Å². The second-order valence-corrected chi connectivity index (χ2v) is 6.04. The number of nitrogens with one attached hydrogen (secondary N) is 2. The van der Waals surface area contributed by atoms with Crippen LogP contribution in [0, 0.1) is 0 Å². The fourth-order valence-corrected chi connectivity index (χ4v) is 2.42. The van der Waals surface area contributed by atoms with Crippen molar-refractivity contribution in [2.75, 3.05) is 39.1 Å². The number of likely N-dealkylation sites (N-methyl/N-ethyl adjacent to an activating group) is 1. The van der Waals surface area contributed by atoms with E-state index in [1.54, 1.807) is 18.2 Å². The molecule has 1 aliphatic rings. The number of hydrogen-bond donors (Lipinski definition) is 3. The zero-order chi connectivity index (χ0) is 16.1. The molecule has 1 amide bonds. The first kappa shape index (κ1) is 17.0. The zero-order valence-corrected chi connectivity index (χ0v) is 13.6. The zero-order valence-electron chi connectivity index (χ0n) is 12.8. The van der Waals surface area contributed by atoms with Crippen molar-refractivity contribution in [2.24, 2.45) is 0 Å². The predicted molar refractivity (Wildman–Crippen MR) is 86.5 cm³/mol. The maximum absolute atomic E-state index is 12.0. The molecule has 22 heavy (non-hydrogen) atoms. The Hall–Kier alpha value is -1.34. The van der Waals surface area contributed by atoms with E-state index in [-0.39, 0.29) is 11.9 Å². The van der Waals surface area contributed by atoms with Gasteiger partial charge in [-0.05, 0) is 38.7 Å². The maximum Gasteiger partial charge on any atom is 0.241 e. The van der Waals surface area contributed by atoms with Crippen LogP contribution in [-0.4, -0.2) is 61.9 Å². The maximum atomic E-state index is 12.0. The quantitative estimate of drug-likeness (QED) is 0.725. The Labute approximate surface area is 135 Å². The number of anilines is 1. The van der Waals surface area contributed by atoms with Crippen LogP contribution in [0.5, 0.6) is 5.75 Å². The topological polar surface area (TPSA) is 73.8 Å². The molecule has 1 aromatic carbocycles. The summed E-state index contributed by atoms with van der Waals surface area (Å²) in [6.45, 7) is 1.78. The highest BCUT2D eigenvalue weighted by Gasteiger charge is 2.28. The summed E-state index contributed by atoms with van der Waals surface area (Å²) in [4.78, 5) is 14.1. The summed E-state index contributed by atoms with van der Waals surface area (Å²) >= 11 is 6.17. The van der Waals surface area contributed by atoms with Crippen LogP contribution in [0.3, 0.4) is 0 Å². The van der Waals surface area contributed by atoms with Gasteiger partial charge in [0.25, 0.3) is 0 Å². The van der Waals surface area contributed by atoms with E-state index in [1.165, 1.54) is 0 Å². The molecule has 6 nitrogen and oxygen atoms in total. The molecule has 0 radical (unpaired) electrons. The Morgan fingerprint density at radius 1 is 1.55 bits per heavy atom. The Morgan fingerprint density at radius 2 is 2.32 bits per heavy atom. The van der Waals surface area contributed by atoms with Crippen molar-refractivity contribution < 1.29 is 14.6 Å². The van der Waals surface area contributed by atoms with Crippen LogP contribution in [0.2, 0.25) is 5.02 Å². The van der Waals surface area contributed by atoms with Crippen LogP contribution >= 0.6 is 11.6 Å². The molecule has 2 rings (SSSR count). The molecule has 2 unspecified atom stereocenters. The third-order valence-corrected chi connectivity index (χ3v) is 3.71. The number of amides is 1. The summed E-state index contributed by atoms with van der Waals surface area (Å²) in [5.41, 5.74) is 0.609. The number of ether oxygens (including phenoxy) is 1. The molecule has 1 fully saturated rings. The van der Waals surface area contributed by atoms with Crippen LogP contribution in [0.1, 0.15) is 6.42 Å². The number of halogens is 1. The number of rotatable bonds is 6. The van der Waals surface area contributed by atoms with E-state index >= 15 is 0 Å². The van der Waals surface area contributed by atoms with Crippen LogP contribution in [-0.2, 0) is 4.79 Å². The number of benzene rings is 1. The molecule has 122 valence electrons. The average Bonchev–Trinajstić information content (AvgIpc) is 2.87. The lowest BCUT2D eigenvalue weighted by molar-refractivity contribution is -0.117. The van der Waals surface area contributed by atoms with Crippen molar-refractivity contribution in [2.45, 2.75) is 18.6 Å². The summed E-state index contributed by atoms with van der Waals surface area (Å²) in [7, 11) is 3.94. The smallest absolute Gasteiger partial charge is 0.241 e. The lowest BCUT2D eigenvalue weighted by atomic mass is 10.2. The van der Waals surface area contributed by atoms with Gasteiger partial charge in [-0.3, -0.25) is 4.79 Å². The van der Waals surface area contributed by atoms with E-state index in [1.807, 2.05) is 19.0 Å². The van der Waals surface area contributed by atoms with Crippen LogP contribution in [0.15, 0.2) is 18.2 Å². The lowest BCUT2D eigenvalue weighted by Gasteiger charge is -2.14. The van der Waals surface area contributed by atoms with Gasteiger partial charge in [0.05, 0.1) is 17.2 Å². The molecule has 1 aromatic rings. The van der Waals surface area contributed by atoms with E-state index in [4.69, 9.17) is 16.3 Å². The third kappa shape index (κ3) is 4.84. The van der Waals surface area contributed by atoms with Gasteiger partial charge in [-0.25, -0.2) is 0 Å². The van der Waals surface area contributed by atoms with Crippen molar-refractivity contribution in [3.05, 3.63) is 23.2 Å². The Balaban J connectivity index is 1.90. The van der Waals surface area contributed by atoms with Gasteiger partial charge in [0, 0.05) is 18.8 Å². The van der Waals surface area contributed by atoms with Crippen molar-refractivity contribution in [3.8, 4) is 5.75 Å². The van der Waals surface area contributed by atoms with Crippen molar-refractivity contribution in [1.82, 2.24) is 10.2 Å². The number of β-amino-alcohol motifs (C(OH)–C–C–N with tert-alkyl or cyclic N) is 1. The molecule has 3 N–H and O–H groups in total. The highest BCUT2D eigenvalue weighted by atomic mass is 35.5. The van der Waals surface area contributed by atoms with Crippen LogP contribution in [0.25, 0.3) is 0 Å². The Kier molecular flexibility index (Phi) is 6.02. The monoisotopic (exact) mass is 327 g/mol. The van der Waals surface area contributed by atoms with Crippen molar-refractivity contribution >= 4 is 23.2 Å². The highest BCUT2D eigenvalue weighted by molar-refractivity contribution is 6.32. The van der Waals surface area contributed by atoms with Gasteiger partial charge in [0.2, 0.25) is 5.91 Å². The molecule has 0 spiro atoms. The van der Waals surface area contributed by atoms with Gasteiger partial charge in [-0.15, -0.1) is 0 Å². The number of hydrogen-bond acceptors (Lipinski definition) is 5. The van der Waals surface area contributed by atoms with Gasteiger partial charge in [0.1, 0.15) is 12.4 Å². The minimum absolute atomic E-state index is 0.172. The number of nitrogens with zero attached hydrogens (tertiary/aromatic N) is 1.